The number of rotatable bonds is 7. The molecule has 2 aliphatic carbocycles. The van der Waals surface area contributed by atoms with Crippen LogP contribution in [0, 0.1) is 0 Å². The minimum atomic E-state index is -0.934. The van der Waals surface area contributed by atoms with Crippen LogP contribution < -0.4 is 21.6 Å². The molecule has 1 amide bonds. The molecular weight excluding hydrogens is 386 g/mol. The van der Waals surface area contributed by atoms with Gasteiger partial charge in [-0.05, 0) is 31.3 Å². The molecule has 1 unspecified atom stereocenters. The highest BCUT2D eigenvalue weighted by molar-refractivity contribution is 5.85. The van der Waals surface area contributed by atoms with Crippen molar-refractivity contribution in [2.75, 3.05) is 23.9 Å². The first-order valence-electron chi connectivity index (χ1n) is 10.7. The molecule has 0 saturated heterocycles. The Kier molecular flexibility index (Phi) is 6.19. The number of nitrogens with zero attached hydrogens (tertiary/aromatic N) is 2. The summed E-state index contributed by atoms with van der Waals surface area (Å²) in [5.41, 5.74) is 3.53. The van der Waals surface area contributed by atoms with E-state index in [4.69, 9.17) is 9.84 Å². The number of carbonyl (C=O) groups excluding carboxylic acids is 1. The third-order valence-corrected chi connectivity index (χ3v) is 5.83. The minimum absolute atomic E-state index is 0.0740. The number of nitrogens with one attached hydrogen (secondary N) is 3. The first-order valence-corrected chi connectivity index (χ1v) is 10.7. The van der Waals surface area contributed by atoms with Gasteiger partial charge in [-0.15, -0.1) is 0 Å². The number of amides is 1. The van der Waals surface area contributed by atoms with E-state index in [-0.39, 0.29) is 37.4 Å². The van der Waals surface area contributed by atoms with E-state index in [0.29, 0.717) is 24.5 Å². The van der Waals surface area contributed by atoms with Crippen molar-refractivity contribution in [3.63, 3.8) is 0 Å². The lowest BCUT2D eigenvalue weighted by Gasteiger charge is -2.35. The number of ether oxygens (including phenoxy) is 1. The van der Waals surface area contributed by atoms with Gasteiger partial charge in [0.05, 0.1) is 18.9 Å². The third-order valence-electron chi connectivity index (χ3n) is 5.83. The maximum Gasteiger partial charge on any atom is 0.273 e. The molecule has 30 heavy (non-hydrogen) atoms. The van der Waals surface area contributed by atoms with Crippen LogP contribution >= 0.6 is 0 Å². The van der Waals surface area contributed by atoms with Gasteiger partial charge in [0, 0.05) is 12.6 Å². The zero-order valence-electron chi connectivity index (χ0n) is 17.0. The summed E-state index contributed by atoms with van der Waals surface area (Å²) in [4.78, 5) is 29.8. The lowest BCUT2D eigenvalue weighted by Crippen LogP contribution is -2.50. The molecule has 1 fully saturated rings. The second-order valence-corrected chi connectivity index (χ2v) is 7.96. The smallest absolute Gasteiger partial charge is 0.273 e. The zero-order valence-corrected chi connectivity index (χ0v) is 17.0. The maximum atomic E-state index is 12.7. The number of aliphatic hydroxyl groups is 1. The van der Waals surface area contributed by atoms with E-state index in [1.807, 2.05) is 6.08 Å². The van der Waals surface area contributed by atoms with Crippen molar-refractivity contribution in [1.82, 2.24) is 15.0 Å². The van der Waals surface area contributed by atoms with Gasteiger partial charge in [0.15, 0.2) is 0 Å². The van der Waals surface area contributed by atoms with Gasteiger partial charge in [-0.25, -0.2) is 4.98 Å². The molecule has 1 aromatic heterocycles. The Morgan fingerprint density at radius 3 is 2.90 bits per heavy atom. The molecule has 1 saturated carbocycles. The molecular formula is C21H29N5O4. The van der Waals surface area contributed by atoms with Gasteiger partial charge in [0.1, 0.15) is 11.8 Å². The van der Waals surface area contributed by atoms with Gasteiger partial charge >= 0.3 is 0 Å². The molecule has 0 radical (unpaired) electrons. The molecule has 9 nitrogen and oxygen atoms in total. The van der Waals surface area contributed by atoms with Crippen molar-refractivity contribution in [3.8, 4) is 0 Å². The van der Waals surface area contributed by atoms with Crippen molar-refractivity contribution >= 4 is 11.9 Å². The van der Waals surface area contributed by atoms with Gasteiger partial charge in [-0.1, -0.05) is 37.5 Å². The number of hydrogen-bond acceptors (Lipinski definition) is 7. The first kappa shape index (κ1) is 20.6. The lowest BCUT2D eigenvalue weighted by atomic mass is 9.83. The van der Waals surface area contributed by atoms with Crippen LogP contribution in [0.2, 0.25) is 0 Å². The number of hydrogen-bond donors (Lipinski definition) is 4. The van der Waals surface area contributed by atoms with Crippen LogP contribution in [-0.4, -0.2) is 45.6 Å². The highest BCUT2D eigenvalue weighted by Gasteiger charge is 2.40. The average molecular weight is 415 g/mol. The third kappa shape index (κ3) is 4.27. The lowest BCUT2D eigenvalue weighted by molar-refractivity contribution is -0.154. The molecule has 3 aliphatic rings. The largest absolute Gasteiger partial charge is 0.395 e. The maximum absolute atomic E-state index is 12.7. The van der Waals surface area contributed by atoms with Crippen LogP contribution in [0.3, 0.4) is 0 Å². The van der Waals surface area contributed by atoms with E-state index in [1.165, 1.54) is 10.7 Å². The highest BCUT2D eigenvalue weighted by Crippen LogP contribution is 2.33. The number of allylic oxidation sites excluding steroid dienone is 2. The summed E-state index contributed by atoms with van der Waals surface area (Å²) in [6, 6.07) is 1.44. The summed E-state index contributed by atoms with van der Waals surface area (Å²) >= 11 is 0. The number of anilines is 1. The van der Waals surface area contributed by atoms with Crippen molar-refractivity contribution in [3.05, 3.63) is 45.9 Å². The molecule has 9 heteroatoms. The van der Waals surface area contributed by atoms with E-state index in [9.17, 15) is 9.59 Å². The van der Waals surface area contributed by atoms with Crippen molar-refractivity contribution in [1.29, 1.82) is 0 Å². The quantitative estimate of drug-likeness (QED) is 0.528. The Hall–Kier alpha value is -2.65. The fourth-order valence-corrected chi connectivity index (χ4v) is 4.22. The summed E-state index contributed by atoms with van der Waals surface area (Å²) in [5.74, 6) is 0.235. The first-order chi connectivity index (χ1) is 14.6. The molecule has 162 valence electrons. The molecule has 1 atom stereocenters. The monoisotopic (exact) mass is 415 g/mol. The number of fused-ring (bicyclic) bond motifs is 1. The predicted molar refractivity (Wildman–Crippen MR) is 112 cm³/mol. The standard InChI is InChI=1S/C21H29N5O4/c27-12-11-22-19(29)21(9-5-2-6-10-21)30-14-16-13-17(28)26-20(23-16)24-18(25-26)15-7-3-1-4-8-15/h3,7-8,13,18,25,27H,1-2,4-6,9-12,14H2,(H,22,29)(H,23,24). The fraction of sp³-hybridized carbons (Fsp3) is 0.571. The average Bonchev–Trinajstić information content (AvgIpc) is 3.22. The van der Waals surface area contributed by atoms with Gasteiger partial charge in [0.2, 0.25) is 5.95 Å². The molecule has 4 rings (SSSR count). The fourth-order valence-electron chi connectivity index (χ4n) is 4.22. The topological polar surface area (TPSA) is 118 Å². The normalized spacial score (nSPS) is 21.9. The van der Waals surface area contributed by atoms with E-state index >= 15 is 0 Å². The molecule has 1 aliphatic heterocycles. The van der Waals surface area contributed by atoms with Gasteiger partial charge in [0.25, 0.3) is 11.5 Å². The SMILES string of the molecule is O=C(NCCO)C1(OCc2cc(=O)n3c(n2)NC(C2=CCCC=C2)N3)CCCCC1. The van der Waals surface area contributed by atoms with E-state index in [0.717, 1.165) is 37.7 Å². The Labute approximate surface area is 175 Å². The van der Waals surface area contributed by atoms with Crippen LogP contribution in [0.4, 0.5) is 5.95 Å². The molecule has 0 bridgehead atoms. The van der Waals surface area contributed by atoms with Crippen molar-refractivity contribution in [2.45, 2.75) is 63.3 Å². The van der Waals surface area contributed by atoms with Crippen molar-refractivity contribution < 1.29 is 14.6 Å². The Bertz CT molecular complexity index is 901. The summed E-state index contributed by atoms with van der Waals surface area (Å²) in [5, 5.41) is 15.0. The predicted octanol–water partition coefficient (Wildman–Crippen LogP) is 1.14. The van der Waals surface area contributed by atoms with E-state index in [2.05, 4.69) is 33.2 Å². The summed E-state index contributed by atoms with van der Waals surface area (Å²) < 4.78 is 7.50. The Morgan fingerprint density at radius 2 is 2.17 bits per heavy atom. The molecule has 0 spiro atoms. The number of aliphatic hydroxyl groups excluding tert-OH is 1. The van der Waals surface area contributed by atoms with Crippen molar-refractivity contribution in [2.24, 2.45) is 0 Å². The van der Waals surface area contributed by atoms with Gasteiger partial charge in [-0.2, -0.15) is 4.68 Å². The van der Waals surface area contributed by atoms with Crippen LogP contribution in [0.5, 0.6) is 0 Å². The number of aromatic nitrogens is 2. The number of carbonyl (C=O) groups is 1. The molecule has 4 N–H and O–H groups in total. The second kappa shape index (κ2) is 9.01. The van der Waals surface area contributed by atoms with E-state index < -0.39 is 5.60 Å². The Balaban J connectivity index is 1.47. The molecule has 0 aromatic carbocycles. The van der Waals surface area contributed by atoms with Crippen LogP contribution in [0.15, 0.2) is 34.7 Å². The Morgan fingerprint density at radius 1 is 1.33 bits per heavy atom. The summed E-state index contributed by atoms with van der Waals surface area (Å²) in [6.07, 6.45) is 12.2. The molecule has 1 aromatic rings. The van der Waals surface area contributed by atoms with Crippen LogP contribution in [0.1, 0.15) is 50.6 Å². The minimum Gasteiger partial charge on any atom is -0.395 e. The van der Waals surface area contributed by atoms with Gasteiger partial charge in [-0.3, -0.25) is 15.0 Å². The van der Waals surface area contributed by atoms with Crippen LogP contribution in [-0.2, 0) is 16.1 Å². The second-order valence-electron chi connectivity index (χ2n) is 7.96. The van der Waals surface area contributed by atoms with Gasteiger partial charge < -0.3 is 20.5 Å². The zero-order chi connectivity index (χ0) is 21.0. The molecule has 2 heterocycles. The van der Waals surface area contributed by atoms with Crippen LogP contribution in [0.25, 0.3) is 0 Å². The van der Waals surface area contributed by atoms with E-state index in [1.54, 1.807) is 0 Å². The summed E-state index contributed by atoms with van der Waals surface area (Å²) in [6.45, 7) is 0.157. The summed E-state index contributed by atoms with van der Waals surface area (Å²) in [7, 11) is 0. The highest BCUT2D eigenvalue weighted by atomic mass is 16.5.